The molecule has 1 fully saturated rings. The van der Waals surface area contributed by atoms with Crippen LogP contribution in [0.25, 0.3) is 11.4 Å². The first-order valence-corrected chi connectivity index (χ1v) is 7.27. The zero-order valence-corrected chi connectivity index (χ0v) is 12.3. The molecule has 1 saturated heterocycles. The van der Waals surface area contributed by atoms with Gasteiger partial charge in [-0.15, -0.1) is 5.10 Å². The maximum atomic E-state index is 6.18. The van der Waals surface area contributed by atoms with Gasteiger partial charge in [-0.2, -0.15) is 4.98 Å². The third kappa shape index (κ3) is 2.75. The lowest BCUT2D eigenvalue weighted by molar-refractivity contribution is 0.496. The zero-order chi connectivity index (χ0) is 14.1. The van der Waals surface area contributed by atoms with E-state index in [4.69, 9.17) is 28.9 Å². The molecule has 2 aromatic rings. The molecule has 0 saturated carbocycles. The van der Waals surface area contributed by atoms with Crippen LogP contribution in [-0.2, 0) is 0 Å². The van der Waals surface area contributed by atoms with Gasteiger partial charge in [0.2, 0.25) is 5.95 Å². The van der Waals surface area contributed by atoms with Crippen molar-refractivity contribution in [3.8, 4) is 11.4 Å². The van der Waals surface area contributed by atoms with Gasteiger partial charge in [-0.1, -0.05) is 23.2 Å². The first-order valence-electron chi connectivity index (χ1n) is 6.52. The highest BCUT2D eigenvalue weighted by Gasteiger charge is 2.20. The molecular formula is C13H15Cl2N5. The Kier molecular flexibility index (Phi) is 3.83. The second-order valence-electron chi connectivity index (χ2n) is 4.93. The topological polar surface area (TPSA) is 70.8 Å². The Labute approximate surface area is 127 Å². The van der Waals surface area contributed by atoms with Crippen molar-refractivity contribution >= 4 is 29.2 Å². The molecule has 0 aliphatic carbocycles. The lowest BCUT2D eigenvalue weighted by atomic mass is 10.1. The Morgan fingerprint density at radius 3 is 2.70 bits per heavy atom. The van der Waals surface area contributed by atoms with Gasteiger partial charge in [-0.3, -0.25) is 5.10 Å². The van der Waals surface area contributed by atoms with Crippen molar-refractivity contribution in [2.45, 2.75) is 18.9 Å². The maximum absolute atomic E-state index is 6.18. The Bertz CT molecular complexity index is 605. The Balaban J connectivity index is 1.83. The molecule has 2 heterocycles. The molecule has 1 aliphatic heterocycles. The standard InChI is InChI=1S/C13H15Cl2N5/c14-8-1-2-10(11(15)7-8)12-17-13(19-18-12)20-5-3-9(16)4-6-20/h1-2,7,9H,3-6,16H2,(H,17,18,19). The van der Waals surface area contributed by atoms with Gasteiger partial charge in [0.1, 0.15) is 0 Å². The molecule has 0 unspecified atom stereocenters. The van der Waals surface area contributed by atoms with Crippen molar-refractivity contribution in [3.05, 3.63) is 28.2 Å². The molecule has 1 aromatic heterocycles. The highest BCUT2D eigenvalue weighted by atomic mass is 35.5. The summed E-state index contributed by atoms with van der Waals surface area (Å²) in [5.41, 5.74) is 6.70. The van der Waals surface area contributed by atoms with Crippen LogP contribution < -0.4 is 10.6 Å². The number of nitrogens with two attached hydrogens (primary N) is 1. The normalized spacial score (nSPS) is 16.6. The molecule has 1 aliphatic rings. The summed E-state index contributed by atoms with van der Waals surface area (Å²) in [4.78, 5) is 6.64. The summed E-state index contributed by atoms with van der Waals surface area (Å²) in [6, 6.07) is 5.60. The van der Waals surface area contributed by atoms with Gasteiger partial charge in [0.05, 0.1) is 5.02 Å². The molecule has 0 radical (unpaired) electrons. The fourth-order valence-corrected chi connectivity index (χ4v) is 2.79. The fraction of sp³-hybridized carbons (Fsp3) is 0.385. The summed E-state index contributed by atoms with van der Waals surface area (Å²) in [6.07, 6.45) is 1.93. The number of nitrogens with zero attached hydrogens (tertiary/aromatic N) is 3. The maximum Gasteiger partial charge on any atom is 0.245 e. The van der Waals surface area contributed by atoms with E-state index in [2.05, 4.69) is 20.1 Å². The summed E-state index contributed by atoms with van der Waals surface area (Å²) in [5.74, 6) is 1.34. The van der Waals surface area contributed by atoms with E-state index < -0.39 is 0 Å². The Hall–Kier alpha value is -1.30. The smallest absolute Gasteiger partial charge is 0.245 e. The Morgan fingerprint density at radius 1 is 1.25 bits per heavy atom. The number of anilines is 1. The molecular weight excluding hydrogens is 297 g/mol. The second kappa shape index (κ2) is 5.60. The number of hydrogen-bond acceptors (Lipinski definition) is 4. The third-order valence-corrected chi connectivity index (χ3v) is 4.03. The number of H-pyrrole nitrogens is 1. The molecule has 7 heteroatoms. The van der Waals surface area contributed by atoms with Crippen LogP contribution in [0.4, 0.5) is 5.95 Å². The van der Waals surface area contributed by atoms with E-state index in [1.165, 1.54) is 0 Å². The number of aromatic nitrogens is 3. The number of aromatic amines is 1. The third-order valence-electron chi connectivity index (χ3n) is 3.48. The first kappa shape index (κ1) is 13.7. The number of halogens is 2. The molecule has 3 N–H and O–H groups in total. The van der Waals surface area contributed by atoms with E-state index in [0.29, 0.717) is 21.8 Å². The average Bonchev–Trinajstić information content (AvgIpc) is 2.89. The van der Waals surface area contributed by atoms with Crippen molar-refractivity contribution < 1.29 is 0 Å². The van der Waals surface area contributed by atoms with Crippen molar-refractivity contribution in [2.75, 3.05) is 18.0 Å². The molecule has 3 rings (SSSR count). The molecule has 106 valence electrons. The Morgan fingerprint density at radius 2 is 2.00 bits per heavy atom. The number of hydrogen-bond donors (Lipinski definition) is 2. The van der Waals surface area contributed by atoms with Crippen LogP contribution in [0, 0.1) is 0 Å². The number of benzene rings is 1. The van der Waals surface area contributed by atoms with Gasteiger partial charge in [0.25, 0.3) is 0 Å². The van der Waals surface area contributed by atoms with Crippen LogP contribution in [0.3, 0.4) is 0 Å². The summed E-state index contributed by atoms with van der Waals surface area (Å²) in [7, 11) is 0. The van der Waals surface area contributed by atoms with Gasteiger partial charge in [-0.05, 0) is 31.0 Å². The van der Waals surface area contributed by atoms with Gasteiger partial charge in [0.15, 0.2) is 5.82 Å². The molecule has 0 amide bonds. The minimum Gasteiger partial charge on any atom is -0.339 e. The highest BCUT2D eigenvalue weighted by Crippen LogP contribution is 2.29. The monoisotopic (exact) mass is 311 g/mol. The highest BCUT2D eigenvalue weighted by molar-refractivity contribution is 6.36. The molecule has 20 heavy (non-hydrogen) atoms. The van der Waals surface area contributed by atoms with E-state index in [-0.39, 0.29) is 6.04 Å². The summed E-state index contributed by atoms with van der Waals surface area (Å²) < 4.78 is 0. The predicted octanol–water partition coefficient (Wildman–Crippen LogP) is 2.71. The van der Waals surface area contributed by atoms with Crippen LogP contribution in [0.1, 0.15) is 12.8 Å². The molecule has 0 spiro atoms. The number of rotatable bonds is 2. The second-order valence-corrected chi connectivity index (χ2v) is 5.78. The number of nitrogens with one attached hydrogen (secondary N) is 1. The summed E-state index contributed by atoms with van der Waals surface area (Å²) in [6.45, 7) is 1.76. The van der Waals surface area contributed by atoms with Crippen molar-refractivity contribution in [2.24, 2.45) is 5.73 Å². The van der Waals surface area contributed by atoms with E-state index in [1.54, 1.807) is 12.1 Å². The number of piperidine rings is 1. The predicted molar refractivity (Wildman–Crippen MR) is 81.3 cm³/mol. The van der Waals surface area contributed by atoms with Gasteiger partial charge in [0, 0.05) is 29.7 Å². The van der Waals surface area contributed by atoms with E-state index in [9.17, 15) is 0 Å². The lowest BCUT2D eigenvalue weighted by Gasteiger charge is -2.28. The zero-order valence-electron chi connectivity index (χ0n) is 10.8. The summed E-state index contributed by atoms with van der Waals surface area (Å²) in [5, 5.41) is 8.35. The summed E-state index contributed by atoms with van der Waals surface area (Å²) >= 11 is 12.1. The molecule has 0 bridgehead atoms. The van der Waals surface area contributed by atoms with E-state index in [0.717, 1.165) is 31.5 Å². The lowest BCUT2D eigenvalue weighted by Crippen LogP contribution is -2.40. The van der Waals surface area contributed by atoms with Crippen LogP contribution in [-0.4, -0.2) is 34.3 Å². The largest absolute Gasteiger partial charge is 0.339 e. The minimum absolute atomic E-state index is 0.287. The van der Waals surface area contributed by atoms with Crippen LogP contribution in [0.2, 0.25) is 10.0 Å². The van der Waals surface area contributed by atoms with E-state index in [1.807, 2.05) is 6.07 Å². The van der Waals surface area contributed by atoms with Crippen molar-refractivity contribution in [1.82, 2.24) is 15.2 Å². The average molecular weight is 312 g/mol. The quantitative estimate of drug-likeness (QED) is 0.894. The first-order chi connectivity index (χ1) is 9.63. The molecule has 0 atom stereocenters. The fourth-order valence-electron chi connectivity index (χ4n) is 2.30. The van der Waals surface area contributed by atoms with Crippen LogP contribution in [0.15, 0.2) is 18.2 Å². The van der Waals surface area contributed by atoms with Gasteiger partial charge in [-0.25, -0.2) is 0 Å². The van der Waals surface area contributed by atoms with Gasteiger partial charge >= 0.3 is 0 Å². The molecule has 1 aromatic carbocycles. The molecule has 5 nitrogen and oxygen atoms in total. The van der Waals surface area contributed by atoms with E-state index >= 15 is 0 Å². The van der Waals surface area contributed by atoms with Crippen molar-refractivity contribution in [3.63, 3.8) is 0 Å². The SMILES string of the molecule is NC1CCN(c2n[nH]c(-c3ccc(Cl)cc3Cl)n2)CC1. The minimum atomic E-state index is 0.287. The van der Waals surface area contributed by atoms with Crippen LogP contribution >= 0.6 is 23.2 Å². The van der Waals surface area contributed by atoms with Gasteiger partial charge < -0.3 is 10.6 Å². The van der Waals surface area contributed by atoms with Crippen molar-refractivity contribution in [1.29, 1.82) is 0 Å². The van der Waals surface area contributed by atoms with Crippen LogP contribution in [0.5, 0.6) is 0 Å².